The molecular weight excluding hydrogens is 338 g/mol. The van der Waals surface area contributed by atoms with E-state index in [2.05, 4.69) is 5.32 Å². The smallest absolute Gasteiger partial charge is 0.334 e. The molecule has 0 fully saturated rings. The standard InChI is InChI=1S/C19H27NO6/c1-5-25-18(21)11-16(12-20-17(19(22)23)10-13(2)3)26-15-8-6-14(24-4)7-9-15/h6-9,11,13,17,20H,5,10,12H2,1-4H3,(H,22,23)/t17-/m0/s1. The summed E-state index contributed by atoms with van der Waals surface area (Å²) in [4.78, 5) is 23.1. The quantitative estimate of drug-likeness (QED) is 0.354. The highest BCUT2D eigenvalue weighted by Gasteiger charge is 2.19. The lowest BCUT2D eigenvalue weighted by molar-refractivity contribution is -0.140. The maximum Gasteiger partial charge on any atom is 0.334 e. The summed E-state index contributed by atoms with van der Waals surface area (Å²) in [5.74, 6) is 0.160. The van der Waals surface area contributed by atoms with E-state index in [1.807, 2.05) is 13.8 Å². The largest absolute Gasteiger partial charge is 0.497 e. The lowest BCUT2D eigenvalue weighted by Gasteiger charge is -2.18. The maximum absolute atomic E-state index is 11.8. The third-order valence-electron chi connectivity index (χ3n) is 3.40. The number of carboxylic acid groups (broad SMARTS) is 1. The van der Waals surface area contributed by atoms with Crippen LogP contribution >= 0.6 is 0 Å². The third-order valence-corrected chi connectivity index (χ3v) is 3.40. The van der Waals surface area contributed by atoms with Gasteiger partial charge in [-0.05, 0) is 43.5 Å². The summed E-state index contributed by atoms with van der Waals surface area (Å²) in [6.45, 7) is 5.91. The van der Waals surface area contributed by atoms with Gasteiger partial charge < -0.3 is 19.3 Å². The van der Waals surface area contributed by atoms with Crippen molar-refractivity contribution in [2.24, 2.45) is 5.92 Å². The van der Waals surface area contributed by atoms with E-state index in [0.29, 0.717) is 17.9 Å². The molecule has 1 aromatic rings. The number of aliphatic carboxylic acids is 1. The fraction of sp³-hybridized carbons (Fsp3) is 0.474. The van der Waals surface area contributed by atoms with E-state index in [-0.39, 0.29) is 24.8 Å². The van der Waals surface area contributed by atoms with Crippen LogP contribution < -0.4 is 14.8 Å². The molecule has 1 rings (SSSR count). The van der Waals surface area contributed by atoms with Crippen LogP contribution in [0.3, 0.4) is 0 Å². The highest BCUT2D eigenvalue weighted by Crippen LogP contribution is 2.19. The molecule has 7 heteroatoms. The fourth-order valence-electron chi connectivity index (χ4n) is 2.19. The number of rotatable bonds is 11. The topological polar surface area (TPSA) is 94.1 Å². The average Bonchev–Trinajstić information content (AvgIpc) is 2.58. The first kappa shape index (κ1) is 21.5. The summed E-state index contributed by atoms with van der Waals surface area (Å²) >= 11 is 0. The first-order valence-electron chi connectivity index (χ1n) is 8.51. The average molecular weight is 365 g/mol. The van der Waals surface area contributed by atoms with Crippen LogP contribution in [-0.4, -0.2) is 43.3 Å². The van der Waals surface area contributed by atoms with Gasteiger partial charge in [0.2, 0.25) is 0 Å². The van der Waals surface area contributed by atoms with Gasteiger partial charge in [-0.15, -0.1) is 0 Å². The number of carbonyl (C=O) groups is 2. The Hall–Kier alpha value is -2.54. The van der Waals surface area contributed by atoms with Crippen LogP contribution in [0.5, 0.6) is 11.5 Å². The minimum absolute atomic E-state index is 0.0779. The van der Waals surface area contributed by atoms with Crippen LogP contribution in [0, 0.1) is 5.92 Å². The van der Waals surface area contributed by atoms with Crippen molar-refractivity contribution in [2.45, 2.75) is 33.2 Å². The Kier molecular flexibility index (Phi) is 9.22. The third kappa shape index (κ3) is 8.02. The molecule has 2 N–H and O–H groups in total. The van der Waals surface area contributed by atoms with Crippen LogP contribution in [0.2, 0.25) is 0 Å². The van der Waals surface area contributed by atoms with Crippen LogP contribution in [0.1, 0.15) is 27.2 Å². The Labute approximate surface area is 153 Å². The zero-order valence-electron chi connectivity index (χ0n) is 15.7. The summed E-state index contributed by atoms with van der Waals surface area (Å²) in [6.07, 6.45) is 1.68. The van der Waals surface area contributed by atoms with Gasteiger partial charge in [-0.2, -0.15) is 0 Å². The molecule has 0 aliphatic heterocycles. The zero-order chi connectivity index (χ0) is 19.5. The summed E-state index contributed by atoms with van der Waals surface area (Å²) in [6, 6.07) is 6.11. The van der Waals surface area contributed by atoms with E-state index in [1.54, 1.807) is 38.3 Å². The van der Waals surface area contributed by atoms with Crippen molar-refractivity contribution in [2.75, 3.05) is 20.3 Å². The maximum atomic E-state index is 11.8. The second kappa shape index (κ2) is 11.1. The molecule has 144 valence electrons. The molecule has 0 saturated carbocycles. The Morgan fingerprint density at radius 2 is 1.81 bits per heavy atom. The molecule has 0 bridgehead atoms. The Bertz CT molecular complexity index is 609. The zero-order valence-corrected chi connectivity index (χ0v) is 15.7. The highest BCUT2D eigenvalue weighted by molar-refractivity contribution is 5.82. The van der Waals surface area contributed by atoms with Crippen LogP contribution in [0.4, 0.5) is 0 Å². The van der Waals surface area contributed by atoms with Crippen LogP contribution in [0.25, 0.3) is 0 Å². The molecule has 0 unspecified atom stereocenters. The summed E-state index contributed by atoms with van der Waals surface area (Å²) in [7, 11) is 1.56. The number of benzene rings is 1. The molecule has 0 aliphatic carbocycles. The van der Waals surface area contributed by atoms with Crippen LogP contribution in [0.15, 0.2) is 36.1 Å². The van der Waals surface area contributed by atoms with Gasteiger partial charge in [-0.1, -0.05) is 13.8 Å². The second-order valence-corrected chi connectivity index (χ2v) is 6.04. The fourth-order valence-corrected chi connectivity index (χ4v) is 2.19. The second-order valence-electron chi connectivity index (χ2n) is 6.04. The molecule has 1 atom stereocenters. The molecule has 0 heterocycles. The summed E-state index contributed by atoms with van der Waals surface area (Å²) < 4.78 is 15.7. The number of esters is 1. The van der Waals surface area contributed by atoms with E-state index in [4.69, 9.17) is 14.2 Å². The molecule has 0 spiro atoms. The van der Waals surface area contributed by atoms with Crippen molar-refractivity contribution in [3.8, 4) is 11.5 Å². The molecule has 1 aromatic carbocycles. The van der Waals surface area contributed by atoms with Gasteiger partial charge in [0, 0.05) is 0 Å². The van der Waals surface area contributed by atoms with Crippen molar-refractivity contribution >= 4 is 11.9 Å². The van der Waals surface area contributed by atoms with Gasteiger partial charge in [0.05, 0.1) is 26.3 Å². The molecular formula is C19H27NO6. The van der Waals surface area contributed by atoms with Crippen LogP contribution in [-0.2, 0) is 14.3 Å². The number of carboxylic acids is 1. The molecule has 0 aliphatic rings. The lowest BCUT2D eigenvalue weighted by Crippen LogP contribution is -2.39. The van der Waals surface area contributed by atoms with Gasteiger partial charge in [-0.3, -0.25) is 10.1 Å². The Balaban J connectivity index is 2.86. The van der Waals surface area contributed by atoms with E-state index < -0.39 is 18.0 Å². The minimum Gasteiger partial charge on any atom is -0.497 e. The van der Waals surface area contributed by atoms with E-state index in [9.17, 15) is 14.7 Å². The van der Waals surface area contributed by atoms with Crippen molar-refractivity contribution in [3.05, 3.63) is 36.1 Å². The first-order chi connectivity index (χ1) is 12.3. The number of nitrogens with one attached hydrogen (secondary N) is 1. The molecule has 0 radical (unpaired) electrons. The predicted octanol–water partition coefficient (Wildman–Crippen LogP) is 2.61. The van der Waals surface area contributed by atoms with Gasteiger partial charge in [-0.25, -0.2) is 4.79 Å². The van der Waals surface area contributed by atoms with E-state index in [0.717, 1.165) is 0 Å². The minimum atomic E-state index is -0.946. The van der Waals surface area contributed by atoms with Gasteiger partial charge >= 0.3 is 11.9 Å². The molecule has 0 amide bonds. The number of carbonyl (C=O) groups excluding carboxylic acids is 1. The van der Waals surface area contributed by atoms with Crippen molar-refractivity contribution in [1.29, 1.82) is 0 Å². The highest BCUT2D eigenvalue weighted by atomic mass is 16.5. The normalized spacial score (nSPS) is 12.6. The molecule has 26 heavy (non-hydrogen) atoms. The van der Waals surface area contributed by atoms with Crippen molar-refractivity contribution in [1.82, 2.24) is 5.32 Å². The van der Waals surface area contributed by atoms with Gasteiger partial charge in [0.1, 0.15) is 23.3 Å². The summed E-state index contributed by atoms with van der Waals surface area (Å²) in [5, 5.41) is 12.2. The first-order valence-corrected chi connectivity index (χ1v) is 8.51. The summed E-state index contributed by atoms with van der Waals surface area (Å²) in [5.41, 5.74) is 0. The molecule has 0 saturated heterocycles. The number of hydrogen-bond donors (Lipinski definition) is 2. The lowest BCUT2D eigenvalue weighted by atomic mass is 10.0. The van der Waals surface area contributed by atoms with E-state index >= 15 is 0 Å². The molecule has 0 aromatic heterocycles. The SMILES string of the molecule is CCOC(=O)C=C(CN[C@@H](CC(C)C)C(=O)O)Oc1ccc(OC)cc1. The monoisotopic (exact) mass is 365 g/mol. The Morgan fingerprint density at radius 1 is 1.19 bits per heavy atom. The van der Waals surface area contributed by atoms with Gasteiger partial charge in [0.25, 0.3) is 0 Å². The van der Waals surface area contributed by atoms with E-state index in [1.165, 1.54) is 6.08 Å². The van der Waals surface area contributed by atoms with Gasteiger partial charge in [0.15, 0.2) is 0 Å². The Morgan fingerprint density at radius 3 is 2.31 bits per heavy atom. The number of methoxy groups -OCH3 is 1. The molecule has 7 nitrogen and oxygen atoms in total. The van der Waals surface area contributed by atoms with Crippen molar-refractivity contribution in [3.63, 3.8) is 0 Å². The van der Waals surface area contributed by atoms with Crippen molar-refractivity contribution < 1.29 is 28.9 Å². The number of ether oxygens (including phenoxy) is 3. The number of hydrogen-bond acceptors (Lipinski definition) is 6. The predicted molar refractivity (Wildman–Crippen MR) is 97.2 cm³/mol.